The topological polar surface area (TPSA) is 61.9 Å². The maximum Gasteiger partial charge on any atom is 0.253 e. The van der Waals surface area contributed by atoms with E-state index in [0.717, 1.165) is 18.8 Å². The van der Waals surface area contributed by atoms with Crippen molar-refractivity contribution in [1.82, 2.24) is 15.1 Å². The number of piperazine rings is 1. The molecule has 0 saturated carbocycles. The standard InChI is InChI=1S/C23H28ClN3O3/c1-16(25-22(28)20-9-4-5-10-21(20)24)23(29)27-13-11-26(12-14-27)17(2)18-7-6-8-19(15-18)30-3/h4-10,15-17H,11-14H2,1-3H3,(H,25,28). The van der Waals surface area contributed by atoms with Gasteiger partial charge in [0.2, 0.25) is 5.91 Å². The van der Waals surface area contributed by atoms with Crippen LogP contribution < -0.4 is 10.1 Å². The molecule has 1 heterocycles. The van der Waals surface area contributed by atoms with E-state index in [-0.39, 0.29) is 17.9 Å². The normalized spacial score (nSPS) is 16.6. The van der Waals surface area contributed by atoms with Crippen molar-refractivity contribution < 1.29 is 14.3 Å². The molecule has 0 aromatic heterocycles. The molecule has 0 bridgehead atoms. The fourth-order valence-corrected chi connectivity index (χ4v) is 3.92. The van der Waals surface area contributed by atoms with Crippen molar-refractivity contribution in [2.75, 3.05) is 33.3 Å². The van der Waals surface area contributed by atoms with Crippen LogP contribution in [0, 0.1) is 0 Å². The molecule has 2 atom stereocenters. The first-order chi connectivity index (χ1) is 14.4. The summed E-state index contributed by atoms with van der Waals surface area (Å²) in [6.07, 6.45) is 0. The molecule has 2 aromatic carbocycles. The van der Waals surface area contributed by atoms with Gasteiger partial charge in [-0.05, 0) is 43.7 Å². The minimum Gasteiger partial charge on any atom is -0.497 e. The van der Waals surface area contributed by atoms with Gasteiger partial charge in [-0.25, -0.2) is 0 Å². The number of hydrogen-bond acceptors (Lipinski definition) is 4. The second kappa shape index (κ2) is 9.96. The number of amides is 2. The molecule has 1 saturated heterocycles. The summed E-state index contributed by atoms with van der Waals surface area (Å²) in [5.74, 6) is 0.423. The summed E-state index contributed by atoms with van der Waals surface area (Å²) in [5, 5.41) is 3.13. The predicted molar refractivity (Wildman–Crippen MR) is 118 cm³/mol. The summed E-state index contributed by atoms with van der Waals surface area (Å²) in [6, 6.07) is 14.5. The molecular weight excluding hydrogens is 402 g/mol. The molecule has 1 fully saturated rings. The van der Waals surface area contributed by atoms with Crippen LogP contribution in [0.2, 0.25) is 5.02 Å². The fraction of sp³-hybridized carbons (Fsp3) is 0.391. The molecule has 0 spiro atoms. The summed E-state index contributed by atoms with van der Waals surface area (Å²) < 4.78 is 5.32. The van der Waals surface area contributed by atoms with E-state index >= 15 is 0 Å². The Balaban J connectivity index is 1.54. The van der Waals surface area contributed by atoms with Crippen LogP contribution in [0.3, 0.4) is 0 Å². The van der Waals surface area contributed by atoms with Gasteiger partial charge in [0.1, 0.15) is 11.8 Å². The lowest BCUT2D eigenvalue weighted by atomic mass is 10.1. The maximum atomic E-state index is 12.8. The van der Waals surface area contributed by atoms with Gasteiger partial charge in [0.25, 0.3) is 5.91 Å². The van der Waals surface area contributed by atoms with Crippen molar-refractivity contribution in [2.24, 2.45) is 0 Å². The molecule has 6 nitrogen and oxygen atoms in total. The van der Waals surface area contributed by atoms with Crippen molar-refractivity contribution in [3.8, 4) is 5.75 Å². The number of carbonyl (C=O) groups excluding carboxylic acids is 2. The number of nitrogens with one attached hydrogen (secondary N) is 1. The summed E-state index contributed by atoms with van der Waals surface area (Å²) in [5.41, 5.74) is 1.56. The summed E-state index contributed by atoms with van der Waals surface area (Å²) >= 11 is 6.08. The van der Waals surface area contributed by atoms with Gasteiger partial charge < -0.3 is 15.0 Å². The van der Waals surface area contributed by atoms with Gasteiger partial charge in [0.15, 0.2) is 0 Å². The molecule has 0 aliphatic carbocycles. The van der Waals surface area contributed by atoms with E-state index in [9.17, 15) is 9.59 Å². The number of methoxy groups -OCH3 is 1. The first kappa shape index (κ1) is 22.1. The van der Waals surface area contributed by atoms with E-state index in [1.165, 1.54) is 5.56 Å². The smallest absolute Gasteiger partial charge is 0.253 e. The molecular formula is C23H28ClN3O3. The van der Waals surface area contributed by atoms with Crippen molar-refractivity contribution in [1.29, 1.82) is 0 Å². The highest BCUT2D eigenvalue weighted by Crippen LogP contribution is 2.25. The Morgan fingerprint density at radius 2 is 1.73 bits per heavy atom. The van der Waals surface area contributed by atoms with Crippen LogP contribution in [-0.4, -0.2) is 60.9 Å². The molecule has 7 heteroatoms. The maximum absolute atomic E-state index is 12.8. The molecule has 1 aliphatic heterocycles. The molecule has 3 rings (SSSR count). The number of nitrogens with zero attached hydrogens (tertiary/aromatic N) is 2. The predicted octanol–water partition coefficient (Wildman–Crippen LogP) is 3.37. The Hall–Kier alpha value is -2.57. The minimum atomic E-state index is -0.615. The van der Waals surface area contributed by atoms with E-state index in [1.807, 2.05) is 17.0 Å². The molecule has 160 valence electrons. The highest BCUT2D eigenvalue weighted by molar-refractivity contribution is 6.33. The average molecular weight is 430 g/mol. The summed E-state index contributed by atoms with van der Waals surface area (Å²) in [7, 11) is 1.67. The zero-order valence-electron chi connectivity index (χ0n) is 17.6. The van der Waals surface area contributed by atoms with Crippen LogP contribution in [-0.2, 0) is 4.79 Å². The van der Waals surface area contributed by atoms with Crippen molar-refractivity contribution in [3.63, 3.8) is 0 Å². The van der Waals surface area contributed by atoms with Crippen LogP contribution in [0.25, 0.3) is 0 Å². The highest BCUT2D eigenvalue weighted by Gasteiger charge is 2.28. The second-order valence-corrected chi connectivity index (χ2v) is 7.90. The molecule has 1 aliphatic rings. The largest absolute Gasteiger partial charge is 0.497 e. The third-order valence-electron chi connectivity index (χ3n) is 5.59. The number of carbonyl (C=O) groups is 2. The quantitative estimate of drug-likeness (QED) is 0.764. The van der Waals surface area contributed by atoms with Gasteiger partial charge in [-0.3, -0.25) is 14.5 Å². The van der Waals surface area contributed by atoms with Gasteiger partial charge >= 0.3 is 0 Å². The van der Waals surface area contributed by atoms with E-state index < -0.39 is 6.04 Å². The minimum absolute atomic E-state index is 0.0795. The van der Waals surface area contributed by atoms with Gasteiger partial charge in [-0.2, -0.15) is 0 Å². The number of hydrogen-bond donors (Lipinski definition) is 1. The third kappa shape index (κ3) is 5.12. The lowest BCUT2D eigenvalue weighted by Gasteiger charge is -2.39. The van der Waals surface area contributed by atoms with Gasteiger partial charge in [-0.15, -0.1) is 0 Å². The number of ether oxygens (including phenoxy) is 1. The Morgan fingerprint density at radius 1 is 1.03 bits per heavy atom. The third-order valence-corrected chi connectivity index (χ3v) is 5.92. The van der Waals surface area contributed by atoms with E-state index in [4.69, 9.17) is 16.3 Å². The first-order valence-corrected chi connectivity index (χ1v) is 10.5. The Morgan fingerprint density at radius 3 is 2.40 bits per heavy atom. The zero-order valence-corrected chi connectivity index (χ0v) is 18.4. The molecule has 2 aromatic rings. The number of rotatable bonds is 6. The van der Waals surface area contributed by atoms with Crippen LogP contribution in [0.15, 0.2) is 48.5 Å². The van der Waals surface area contributed by atoms with E-state index in [2.05, 4.69) is 29.3 Å². The van der Waals surface area contributed by atoms with Gasteiger partial charge in [0, 0.05) is 32.2 Å². The average Bonchev–Trinajstić information content (AvgIpc) is 2.78. The molecule has 1 N–H and O–H groups in total. The van der Waals surface area contributed by atoms with Crippen LogP contribution >= 0.6 is 11.6 Å². The Labute approximate surface area is 182 Å². The summed E-state index contributed by atoms with van der Waals surface area (Å²) in [4.78, 5) is 29.4. The highest BCUT2D eigenvalue weighted by atomic mass is 35.5. The molecule has 2 amide bonds. The fourth-order valence-electron chi connectivity index (χ4n) is 3.70. The van der Waals surface area contributed by atoms with Gasteiger partial charge in [0.05, 0.1) is 17.7 Å². The van der Waals surface area contributed by atoms with Gasteiger partial charge in [-0.1, -0.05) is 35.9 Å². The Kier molecular flexibility index (Phi) is 7.34. The van der Waals surface area contributed by atoms with Crippen LogP contribution in [0.1, 0.15) is 35.8 Å². The van der Waals surface area contributed by atoms with Crippen molar-refractivity contribution in [2.45, 2.75) is 25.9 Å². The number of benzene rings is 2. The van der Waals surface area contributed by atoms with Crippen molar-refractivity contribution in [3.05, 3.63) is 64.7 Å². The summed E-state index contributed by atoms with van der Waals surface area (Å²) in [6.45, 7) is 6.67. The van der Waals surface area contributed by atoms with E-state index in [1.54, 1.807) is 38.3 Å². The first-order valence-electron chi connectivity index (χ1n) is 10.1. The van der Waals surface area contributed by atoms with Crippen molar-refractivity contribution >= 4 is 23.4 Å². The monoisotopic (exact) mass is 429 g/mol. The lowest BCUT2D eigenvalue weighted by molar-refractivity contribution is -0.134. The van der Waals surface area contributed by atoms with E-state index in [0.29, 0.717) is 23.7 Å². The van der Waals surface area contributed by atoms with Crippen LogP contribution in [0.4, 0.5) is 0 Å². The molecule has 2 unspecified atom stereocenters. The number of halogens is 1. The molecule has 30 heavy (non-hydrogen) atoms. The van der Waals surface area contributed by atoms with Crippen LogP contribution in [0.5, 0.6) is 5.75 Å². The molecule has 0 radical (unpaired) electrons. The Bertz CT molecular complexity index is 897. The SMILES string of the molecule is COc1cccc(C(C)N2CCN(C(=O)C(C)NC(=O)c3ccccc3Cl)CC2)c1. The zero-order chi connectivity index (χ0) is 21.7. The second-order valence-electron chi connectivity index (χ2n) is 7.49. The lowest BCUT2D eigenvalue weighted by Crippen LogP contribution is -2.54.